The molecule has 0 amide bonds. The van der Waals surface area contributed by atoms with E-state index in [0.29, 0.717) is 12.0 Å². The Morgan fingerprint density at radius 3 is 2.86 bits per heavy atom. The maximum absolute atomic E-state index is 12.5. The quantitative estimate of drug-likeness (QED) is 0.690. The fraction of sp³-hybridized carbons (Fsp3) is 0.118. The number of carbonyl (C=O) groups excluding carboxylic acids is 1. The molecule has 0 bridgehead atoms. The number of benzene rings is 1. The molecule has 102 valence electrons. The van der Waals surface area contributed by atoms with Crippen molar-refractivity contribution in [3.05, 3.63) is 72.4 Å². The molecule has 3 heterocycles. The minimum atomic E-state index is 0.0198. The van der Waals surface area contributed by atoms with Gasteiger partial charge in [-0.25, -0.2) is 4.98 Å². The summed E-state index contributed by atoms with van der Waals surface area (Å²) in [6, 6.07) is 11.8. The number of fused-ring (bicyclic) bond motifs is 3. The van der Waals surface area contributed by atoms with Crippen LogP contribution in [-0.2, 0) is 0 Å². The predicted molar refractivity (Wildman–Crippen MR) is 79.0 cm³/mol. The highest BCUT2D eigenvalue weighted by atomic mass is 16.1. The van der Waals surface area contributed by atoms with Gasteiger partial charge in [-0.2, -0.15) is 0 Å². The maximum Gasteiger partial charge on any atom is 0.166 e. The van der Waals surface area contributed by atoms with E-state index in [1.54, 1.807) is 24.8 Å². The molecule has 1 aliphatic heterocycles. The Morgan fingerprint density at radius 1 is 1.10 bits per heavy atom. The van der Waals surface area contributed by atoms with Gasteiger partial charge in [0.1, 0.15) is 0 Å². The van der Waals surface area contributed by atoms with Crippen molar-refractivity contribution in [2.45, 2.75) is 12.5 Å². The number of hydrogen-bond donors (Lipinski definition) is 0. The van der Waals surface area contributed by atoms with Crippen molar-refractivity contribution in [1.29, 1.82) is 0 Å². The van der Waals surface area contributed by atoms with E-state index < -0.39 is 0 Å². The lowest BCUT2D eigenvalue weighted by atomic mass is 9.97. The van der Waals surface area contributed by atoms with Crippen LogP contribution in [0.4, 0.5) is 0 Å². The summed E-state index contributed by atoms with van der Waals surface area (Å²) in [5.41, 5.74) is 4.09. The Kier molecular flexibility index (Phi) is 2.67. The van der Waals surface area contributed by atoms with Crippen molar-refractivity contribution in [3.8, 4) is 11.3 Å². The van der Waals surface area contributed by atoms with E-state index in [2.05, 4.69) is 26.7 Å². The van der Waals surface area contributed by atoms with Crippen LogP contribution < -0.4 is 0 Å². The summed E-state index contributed by atoms with van der Waals surface area (Å²) >= 11 is 0. The standard InChI is InChI=1S/C17H13N3O/c21-17(12-4-3-7-18-9-12)8-15-13-5-1-2-6-14(13)16-10-19-11-20(15)16/h1-7,9-11,15H,8H2. The van der Waals surface area contributed by atoms with E-state index in [4.69, 9.17) is 0 Å². The van der Waals surface area contributed by atoms with E-state index >= 15 is 0 Å². The molecular formula is C17H13N3O. The number of Topliss-reactive ketones (excluding diaryl/α,β-unsaturated/α-hetero) is 1. The third kappa shape index (κ3) is 1.88. The maximum atomic E-state index is 12.5. The van der Waals surface area contributed by atoms with Crippen LogP contribution in [0.15, 0.2) is 61.3 Å². The number of ketones is 1. The molecular weight excluding hydrogens is 262 g/mol. The molecule has 4 nitrogen and oxygen atoms in total. The molecule has 3 aromatic rings. The molecule has 0 fully saturated rings. The molecule has 1 unspecified atom stereocenters. The molecule has 4 rings (SSSR count). The summed E-state index contributed by atoms with van der Waals surface area (Å²) in [5.74, 6) is 0.101. The third-order valence-corrected chi connectivity index (χ3v) is 3.96. The zero-order valence-corrected chi connectivity index (χ0v) is 11.3. The third-order valence-electron chi connectivity index (χ3n) is 3.96. The molecule has 0 saturated heterocycles. The molecule has 0 saturated carbocycles. The number of pyridine rings is 1. The molecule has 0 radical (unpaired) electrons. The molecule has 1 aromatic carbocycles. The van der Waals surface area contributed by atoms with E-state index in [-0.39, 0.29) is 11.8 Å². The highest BCUT2D eigenvalue weighted by Crippen LogP contribution is 2.40. The second kappa shape index (κ2) is 4.66. The highest BCUT2D eigenvalue weighted by molar-refractivity contribution is 5.96. The summed E-state index contributed by atoms with van der Waals surface area (Å²) < 4.78 is 2.08. The average Bonchev–Trinajstić information content (AvgIpc) is 3.11. The van der Waals surface area contributed by atoms with Gasteiger partial charge in [0, 0.05) is 29.9 Å². The summed E-state index contributed by atoms with van der Waals surface area (Å²) in [4.78, 5) is 20.7. The van der Waals surface area contributed by atoms with Gasteiger partial charge in [-0.3, -0.25) is 9.78 Å². The zero-order chi connectivity index (χ0) is 14.2. The van der Waals surface area contributed by atoms with Gasteiger partial charge in [0.2, 0.25) is 0 Å². The van der Waals surface area contributed by atoms with Crippen LogP contribution in [0.25, 0.3) is 11.3 Å². The van der Waals surface area contributed by atoms with Crippen LogP contribution in [0.2, 0.25) is 0 Å². The van der Waals surface area contributed by atoms with Crippen LogP contribution in [0.3, 0.4) is 0 Å². The smallest absolute Gasteiger partial charge is 0.166 e. The first kappa shape index (κ1) is 12.0. The minimum absolute atomic E-state index is 0.0198. The number of aromatic nitrogens is 3. The summed E-state index contributed by atoms with van der Waals surface area (Å²) in [5, 5.41) is 0. The normalized spacial score (nSPS) is 15.5. The van der Waals surface area contributed by atoms with Gasteiger partial charge < -0.3 is 4.57 Å². The fourth-order valence-electron chi connectivity index (χ4n) is 2.96. The molecule has 0 N–H and O–H groups in total. The molecule has 4 heteroatoms. The summed E-state index contributed by atoms with van der Waals surface area (Å²) in [6.07, 6.45) is 7.38. The Labute approximate surface area is 122 Å². The number of nitrogens with zero attached hydrogens (tertiary/aromatic N) is 3. The Morgan fingerprint density at radius 2 is 2.00 bits per heavy atom. The number of rotatable bonds is 3. The van der Waals surface area contributed by atoms with Crippen molar-refractivity contribution in [3.63, 3.8) is 0 Å². The van der Waals surface area contributed by atoms with Gasteiger partial charge >= 0.3 is 0 Å². The first-order valence-corrected chi connectivity index (χ1v) is 6.89. The monoisotopic (exact) mass is 275 g/mol. The lowest BCUT2D eigenvalue weighted by Gasteiger charge is -2.13. The lowest BCUT2D eigenvalue weighted by Crippen LogP contribution is -2.11. The van der Waals surface area contributed by atoms with E-state index in [1.165, 1.54) is 11.1 Å². The van der Waals surface area contributed by atoms with Gasteiger partial charge in [0.15, 0.2) is 5.78 Å². The topological polar surface area (TPSA) is 47.8 Å². The summed E-state index contributed by atoms with van der Waals surface area (Å²) in [6.45, 7) is 0. The Hall–Kier alpha value is -2.75. The molecule has 21 heavy (non-hydrogen) atoms. The predicted octanol–water partition coefficient (Wildman–Crippen LogP) is 3.12. The largest absolute Gasteiger partial charge is 0.322 e. The van der Waals surface area contributed by atoms with Crippen molar-refractivity contribution in [2.24, 2.45) is 0 Å². The second-order valence-electron chi connectivity index (χ2n) is 5.16. The SMILES string of the molecule is O=C(CC1c2ccccc2-c2cncn21)c1cccnc1. The molecule has 1 atom stereocenters. The number of imidazole rings is 1. The fourth-order valence-corrected chi connectivity index (χ4v) is 2.96. The van der Waals surface area contributed by atoms with Gasteiger partial charge in [-0.1, -0.05) is 24.3 Å². The first-order chi connectivity index (χ1) is 10.3. The minimum Gasteiger partial charge on any atom is -0.322 e. The lowest BCUT2D eigenvalue weighted by molar-refractivity contribution is 0.0970. The first-order valence-electron chi connectivity index (χ1n) is 6.89. The van der Waals surface area contributed by atoms with E-state index in [9.17, 15) is 4.79 Å². The van der Waals surface area contributed by atoms with Crippen molar-refractivity contribution < 1.29 is 4.79 Å². The second-order valence-corrected chi connectivity index (χ2v) is 5.16. The van der Waals surface area contributed by atoms with Crippen LogP contribution in [-0.4, -0.2) is 20.3 Å². The number of hydrogen-bond acceptors (Lipinski definition) is 3. The highest BCUT2D eigenvalue weighted by Gasteiger charge is 2.29. The van der Waals surface area contributed by atoms with Gasteiger partial charge in [0.25, 0.3) is 0 Å². The average molecular weight is 275 g/mol. The zero-order valence-electron chi connectivity index (χ0n) is 11.3. The van der Waals surface area contributed by atoms with E-state index in [0.717, 1.165) is 5.69 Å². The van der Waals surface area contributed by atoms with Crippen molar-refractivity contribution in [2.75, 3.05) is 0 Å². The number of carbonyl (C=O) groups is 1. The molecule has 1 aliphatic rings. The van der Waals surface area contributed by atoms with Crippen LogP contribution >= 0.6 is 0 Å². The van der Waals surface area contributed by atoms with Gasteiger partial charge in [-0.15, -0.1) is 0 Å². The Balaban J connectivity index is 1.72. The van der Waals surface area contributed by atoms with Gasteiger partial charge in [0.05, 0.1) is 24.3 Å². The van der Waals surface area contributed by atoms with Crippen LogP contribution in [0, 0.1) is 0 Å². The van der Waals surface area contributed by atoms with Crippen LogP contribution in [0.5, 0.6) is 0 Å². The van der Waals surface area contributed by atoms with Crippen molar-refractivity contribution in [1.82, 2.24) is 14.5 Å². The van der Waals surface area contributed by atoms with Crippen molar-refractivity contribution >= 4 is 5.78 Å². The molecule has 0 spiro atoms. The molecule has 0 aliphatic carbocycles. The van der Waals surface area contributed by atoms with Crippen LogP contribution in [0.1, 0.15) is 28.4 Å². The van der Waals surface area contributed by atoms with E-state index in [1.807, 2.05) is 24.4 Å². The van der Waals surface area contributed by atoms with Gasteiger partial charge in [-0.05, 0) is 17.7 Å². The molecule has 2 aromatic heterocycles. The Bertz CT molecular complexity index is 808. The summed E-state index contributed by atoms with van der Waals surface area (Å²) in [7, 11) is 0.